The van der Waals surface area contributed by atoms with Crippen molar-refractivity contribution >= 4 is 15.9 Å². The van der Waals surface area contributed by atoms with Gasteiger partial charge in [-0.1, -0.05) is 19.3 Å². The fraction of sp³-hybridized carbons (Fsp3) is 0.571. The Morgan fingerprint density at radius 3 is 2.37 bits per heavy atom. The maximum Gasteiger partial charge on any atom is 0.177 e. The molecule has 106 valence electrons. The Hall–Kier alpha value is -0.810. The maximum atomic E-state index is 14.5. The van der Waals surface area contributed by atoms with Crippen molar-refractivity contribution in [3.63, 3.8) is 0 Å². The zero-order valence-corrected chi connectivity index (χ0v) is 12.8. The number of ether oxygens (including phenoxy) is 2. The van der Waals surface area contributed by atoms with Gasteiger partial charge in [0.1, 0.15) is 5.82 Å². The Balaban J connectivity index is 2.54. The lowest BCUT2D eigenvalue weighted by Crippen LogP contribution is -2.39. The molecule has 0 aliphatic heterocycles. The lowest BCUT2D eigenvalue weighted by molar-refractivity contribution is 0.287. The monoisotopic (exact) mass is 331 g/mol. The van der Waals surface area contributed by atoms with Crippen LogP contribution in [-0.4, -0.2) is 14.2 Å². The fourth-order valence-corrected chi connectivity index (χ4v) is 3.31. The quantitative estimate of drug-likeness (QED) is 0.917. The molecule has 1 aromatic rings. The predicted octanol–water partition coefficient (Wildman–Crippen LogP) is 3.72. The van der Waals surface area contributed by atoms with Gasteiger partial charge < -0.3 is 15.2 Å². The highest BCUT2D eigenvalue weighted by molar-refractivity contribution is 9.10. The van der Waals surface area contributed by atoms with Gasteiger partial charge in [-0.2, -0.15) is 0 Å². The van der Waals surface area contributed by atoms with Crippen molar-refractivity contribution in [3.8, 4) is 11.5 Å². The minimum atomic E-state index is -0.607. The molecule has 0 unspecified atom stereocenters. The minimum Gasteiger partial charge on any atom is -0.493 e. The topological polar surface area (TPSA) is 44.5 Å². The summed E-state index contributed by atoms with van der Waals surface area (Å²) in [6.07, 6.45) is 4.82. The summed E-state index contributed by atoms with van der Waals surface area (Å²) < 4.78 is 25.3. The molecule has 1 aliphatic rings. The number of rotatable bonds is 3. The smallest absolute Gasteiger partial charge is 0.177 e. The summed E-state index contributed by atoms with van der Waals surface area (Å²) in [6, 6.07) is 1.67. The number of benzene rings is 1. The Bertz CT molecular complexity index is 473. The number of hydrogen-bond acceptors (Lipinski definition) is 3. The molecule has 0 radical (unpaired) electrons. The van der Waals surface area contributed by atoms with Gasteiger partial charge in [0.25, 0.3) is 0 Å². The molecule has 1 aromatic carbocycles. The van der Waals surface area contributed by atoms with E-state index >= 15 is 0 Å². The van der Waals surface area contributed by atoms with Crippen molar-refractivity contribution in [2.45, 2.75) is 37.6 Å². The van der Waals surface area contributed by atoms with E-state index in [-0.39, 0.29) is 10.3 Å². The van der Waals surface area contributed by atoms with Gasteiger partial charge in [0, 0.05) is 11.1 Å². The normalized spacial score (nSPS) is 18.2. The zero-order chi connectivity index (χ0) is 14.0. The van der Waals surface area contributed by atoms with E-state index in [1.807, 2.05) is 0 Å². The third-order valence-corrected chi connectivity index (χ3v) is 4.54. The second-order valence-corrected chi connectivity index (χ2v) is 5.80. The number of methoxy groups -OCH3 is 2. The average molecular weight is 332 g/mol. The molecule has 2 rings (SSSR count). The Morgan fingerprint density at radius 2 is 1.84 bits per heavy atom. The van der Waals surface area contributed by atoms with Gasteiger partial charge in [-0.25, -0.2) is 4.39 Å². The van der Waals surface area contributed by atoms with Crippen LogP contribution in [0.4, 0.5) is 4.39 Å². The first-order valence-corrected chi connectivity index (χ1v) is 7.22. The Kier molecular flexibility index (Phi) is 4.36. The van der Waals surface area contributed by atoms with E-state index < -0.39 is 5.54 Å². The van der Waals surface area contributed by atoms with Crippen molar-refractivity contribution in [2.24, 2.45) is 5.73 Å². The Morgan fingerprint density at radius 1 is 1.21 bits per heavy atom. The van der Waals surface area contributed by atoms with E-state index in [9.17, 15) is 4.39 Å². The number of halogens is 2. The Labute approximate surface area is 121 Å². The van der Waals surface area contributed by atoms with Crippen LogP contribution in [-0.2, 0) is 5.54 Å². The first kappa shape index (κ1) is 14.6. The van der Waals surface area contributed by atoms with Crippen LogP contribution in [0.15, 0.2) is 10.5 Å². The van der Waals surface area contributed by atoms with E-state index in [2.05, 4.69) is 15.9 Å². The summed E-state index contributed by atoms with van der Waals surface area (Å²) in [5.74, 6) is 0.520. The van der Waals surface area contributed by atoms with Gasteiger partial charge in [-0.3, -0.25) is 0 Å². The third kappa shape index (κ3) is 2.58. The summed E-state index contributed by atoms with van der Waals surface area (Å²) >= 11 is 3.24. The summed E-state index contributed by atoms with van der Waals surface area (Å²) in [5, 5.41) is 0. The molecule has 5 heteroatoms. The highest BCUT2D eigenvalue weighted by Crippen LogP contribution is 2.44. The number of hydrogen-bond donors (Lipinski definition) is 1. The van der Waals surface area contributed by atoms with Crippen molar-refractivity contribution in [3.05, 3.63) is 21.9 Å². The lowest BCUT2D eigenvalue weighted by atomic mass is 9.77. The molecule has 1 aliphatic carbocycles. The van der Waals surface area contributed by atoms with Gasteiger partial charge in [0.05, 0.1) is 18.7 Å². The van der Waals surface area contributed by atoms with E-state index in [1.165, 1.54) is 14.2 Å². The van der Waals surface area contributed by atoms with Gasteiger partial charge in [-0.15, -0.1) is 0 Å². The first-order chi connectivity index (χ1) is 9.03. The highest BCUT2D eigenvalue weighted by Gasteiger charge is 2.34. The van der Waals surface area contributed by atoms with Crippen LogP contribution >= 0.6 is 15.9 Å². The van der Waals surface area contributed by atoms with Crippen LogP contribution in [0.5, 0.6) is 11.5 Å². The molecule has 0 saturated heterocycles. The highest BCUT2D eigenvalue weighted by atomic mass is 79.9. The molecule has 0 spiro atoms. The van der Waals surface area contributed by atoms with E-state index in [1.54, 1.807) is 6.07 Å². The number of nitrogens with two attached hydrogens (primary N) is 1. The van der Waals surface area contributed by atoms with Crippen LogP contribution in [0.2, 0.25) is 0 Å². The van der Waals surface area contributed by atoms with Crippen LogP contribution in [0.3, 0.4) is 0 Å². The van der Waals surface area contributed by atoms with Gasteiger partial charge >= 0.3 is 0 Å². The second kappa shape index (κ2) is 5.67. The molecule has 19 heavy (non-hydrogen) atoms. The molecule has 0 amide bonds. The average Bonchev–Trinajstić information content (AvgIpc) is 2.42. The zero-order valence-electron chi connectivity index (χ0n) is 11.3. The van der Waals surface area contributed by atoms with Gasteiger partial charge in [0.2, 0.25) is 0 Å². The van der Waals surface area contributed by atoms with Crippen LogP contribution in [0, 0.1) is 5.82 Å². The SMILES string of the molecule is COc1cc(C2(N)CCCCC2)c(F)c(Br)c1OC. The predicted molar refractivity (Wildman–Crippen MR) is 76.2 cm³/mol. The first-order valence-electron chi connectivity index (χ1n) is 6.43. The molecule has 0 atom stereocenters. The van der Waals surface area contributed by atoms with Crippen molar-refractivity contribution < 1.29 is 13.9 Å². The second-order valence-electron chi connectivity index (χ2n) is 5.00. The van der Waals surface area contributed by atoms with Crippen molar-refractivity contribution in [1.29, 1.82) is 0 Å². The van der Waals surface area contributed by atoms with E-state index in [4.69, 9.17) is 15.2 Å². The van der Waals surface area contributed by atoms with Gasteiger partial charge in [0.15, 0.2) is 11.5 Å². The van der Waals surface area contributed by atoms with Crippen molar-refractivity contribution in [2.75, 3.05) is 14.2 Å². The molecule has 0 bridgehead atoms. The molecular formula is C14H19BrFNO2. The summed E-state index contributed by atoms with van der Waals surface area (Å²) in [6.45, 7) is 0. The van der Waals surface area contributed by atoms with Crippen LogP contribution in [0.25, 0.3) is 0 Å². The molecule has 0 aromatic heterocycles. The molecule has 0 heterocycles. The maximum absolute atomic E-state index is 14.5. The third-order valence-electron chi connectivity index (χ3n) is 3.83. The molecule has 1 saturated carbocycles. The standard InChI is InChI=1S/C14H19BrFNO2/c1-18-10-8-9(12(16)11(15)13(10)19-2)14(17)6-4-3-5-7-14/h8H,3-7,17H2,1-2H3. The van der Waals surface area contributed by atoms with E-state index in [0.29, 0.717) is 17.1 Å². The lowest BCUT2D eigenvalue weighted by Gasteiger charge is -2.34. The molecular weight excluding hydrogens is 313 g/mol. The summed E-state index contributed by atoms with van der Waals surface area (Å²) in [4.78, 5) is 0. The van der Waals surface area contributed by atoms with E-state index in [0.717, 1.165) is 32.1 Å². The minimum absolute atomic E-state index is 0.278. The largest absolute Gasteiger partial charge is 0.493 e. The van der Waals surface area contributed by atoms with Crippen LogP contribution < -0.4 is 15.2 Å². The summed E-state index contributed by atoms with van der Waals surface area (Å²) in [5.41, 5.74) is 6.31. The van der Waals surface area contributed by atoms with Gasteiger partial charge in [-0.05, 0) is 34.8 Å². The fourth-order valence-electron chi connectivity index (χ4n) is 2.74. The molecule has 2 N–H and O–H groups in total. The molecule has 3 nitrogen and oxygen atoms in total. The summed E-state index contributed by atoms with van der Waals surface area (Å²) in [7, 11) is 3.02. The van der Waals surface area contributed by atoms with Crippen molar-refractivity contribution in [1.82, 2.24) is 0 Å². The van der Waals surface area contributed by atoms with Crippen LogP contribution in [0.1, 0.15) is 37.7 Å². The molecule has 1 fully saturated rings.